The number of thiophene rings is 1. The lowest BCUT2D eigenvalue weighted by Gasteiger charge is -2.15. The van der Waals surface area contributed by atoms with Crippen molar-refractivity contribution in [3.63, 3.8) is 0 Å². The number of fused-ring (bicyclic) bond motifs is 4. The molecule has 0 N–H and O–H groups in total. The maximum absolute atomic E-state index is 13.4. The molecule has 7 rings (SSSR count). The van der Waals surface area contributed by atoms with E-state index in [9.17, 15) is 26.3 Å². The number of aromatic nitrogens is 1. The first kappa shape index (κ1) is 27.2. The van der Waals surface area contributed by atoms with Crippen molar-refractivity contribution in [2.45, 2.75) is 12.4 Å². The van der Waals surface area contributed by atoms with Crippen LogP contribution in [-0.2, 0) is 12.4 Å². The molecule has 0 aliphatic heterocycles. The normalized spacial score (nSPS) is 12.4. The number of pyridine rings is 1. The Hall–Kier alpha value is -4.69. The lowest BCUT2D eigenvalue weighted by atomic mass is 9.95. The molecule has 0 saturated carbocycles. The van der Waals surface area contributed by atoms with E-state index >= 15 is 0 Å². The smallest absolute Gasteiger partial charge is 0.256 e. The fourth-order valence-corrected chi connectivity index (χ4v) is 6.43. The van der Waals surface area contributed by atoms with Crippen LogP contribution in [0.25, 0.3) is 64.5 Å². The first-order valence-electron chi connectivity index (χ1n) is 13.2. The van der Waals surface area contributed by atoms with Crippen LogP contribution in [0.2, 0.25) is 0 Å². The number of alkyl halides is 6. The van der Waals surface area contributed by atoms with Crippen LogP contribution in [-0.4, -0.2) is 4.98 Å². The first-order valence-corrected chi connectivity index (χ1v) is 14.1. The lowest BCUT2D eigenvalue weighted by molar-refractivity contribution is -0.143. The number of hydrogen-bond acceptors (Lipinski definition) is 2. The van der Waals surface area contributed by atoms with Crippen molar-refractivity contribution in [3.05, 3.63) is 127 Å². The van der Waals surface area contributed by atoms with Gasteiger partial charge in [-0.15, -0.1) is 11.3 Å². The summed E-state index contributed by atoms with van der Waals surface area (Å²) in [6.07, 6.45) is -8.07. The summed E-state index contributed by atoms with van der Waals surface area (Å²) in [5, 5.41) is 3.87. The van der Waals surface area contributed by atoms with Crippen LogP contribution in [0.3, 0.4) is 0 Å². The van der Waals surface area contributed by atoms with Gasteiger partial charge in [0.25, 0.3) is 0 Å². The largest absolute Gasteiger partial charge is 0.416 e. The molecule has 2 aromatic heterocycles. The summed E-state index contributed by atoms with van der Waals surface area (Å²) < 4.78 is 83.0. The summed E-state index contributed by atoms with van der Waals surface area (Å²) in [6.45, 7) is 0. The molecular formula is C35H19F6NS. The van der Waals surface area contributed by atoms with Crippen LogP contribution in [0, 0.1) is 0 Å². The molecule has 8 heteroatoms. The van der Waals surface area contributed by atoms with Crippen LogP contribution in [0.15, 0.2) is 115 Å². The summed E-state index contributed by atoms with van der Waals surface area (Å²) in [5.41, 5.74) is 0.868. The van der Waals surface area contributed by atoms with Gasteiger partial charge >= 0.3 is 12.4 Å². The second kappa shape index (κ2) is 9.95. The predicted molar refractivity (Wildman–Crippen MR) is 161 cm³/mol. The number of rotatable bonds is 3. The predicted octanol–water partition coefficient (Wildman–Crippen LogP) is 11.6. The minimum atomic E-state index is -4.91. The summed E-state index contributed by atoms with van der Waals surface area (Å²) >= 11 is 1.75. The van der Waals surface area contributed by atoms with Gasteiger partial charge in [-0.2, -0.15) is 26.3 Å². The molecule has 2 heterocycles. The molecule has 0 fully saturated rings. The van der Waals surface area contributed by atoms with Crippen LogP contribution >= 0.6 is 11.3 Å². The molecule has 43 heavy (non-hydrogen) atoms. The first-order chi connectivity index (χ1) is 20.5. The van der Waals surface area contributed by atoms with E-state index in [1.54, 1.807) is 29.7 Å². The van der Waals surface area contributed by atoms with E-state index in [2.05, 4.69) is 30.3 Å². The summed E-state index contributed by atoms with van der Waals surface area (Å²) in [4.78, 5) is 4.70. The van der Waals surface area contributed by atoms with Crippen LogP contribution in [0.1, 0.15) is 11.1 Å². The molecule has 0 spiro atoms. The summed E-state index contributed by atoms with van der Waals surface area (Å²) in [7, 11) is 0. The van der Waals surface area contributed by atoms with Crippen molar-refractivity contribution in [2.75, 3.05) is 0 Å². The van der Waals surface area contributed by atoms with E-state index < -0.39 is 23.5 Å². The molecule has 5 aromatic carbocycles. The van der Waals surface area contributed by atoms with Crippen molar-refractivity contribution < 1.29 is 26.3 Å². The van der Waals surface area contributed by atoms with Gasteiger partial charge in [0.2, 0.25) is 0 Å². The fourth-order valence-electron chi connectivity index (χ4n) is 5.35. The zero-order chi connectivity index (χ0) is 29.9. The molecule has 0 amide bonds. The van der Waals surface area contributed by atoms with Gasteiger partial charge in [-0.3, -0.25) is 4.98 Å². The number of halogens is 6. The molecule has 0 saturated heterocycles. The maximum atomic E-state index is 13.4. The Kier molecular flexibility index (Phi) is 6.29. The van der Waals surface area contributed by atoms with Gasteiger partial charge in [-0.25, -0.2) is 0 Å². The molecule has 0 aliphatic rings. The third-order valence-electron chi connectivity index (χ3n) is 7.53. The monoisotopic (exact) mass is 599 g/mol. The fraction of sp³-hybridized carbons (Fsp3) is 0.0571. The molecule has 0 atom stereocenters. The molecule has 1 nitrogen and oxygen atoms in total. The Morgan fingerprint density at radius 2 is 1.07 bits per heavy atom. The summed E-state index contributed by atoms with van der Waals surface area (Å²) in [6, 6.07) is 30.6. The molecule has 0 radical (unpaired) electrons. The Balaban J connectivity index is 1.24. The SMILES string of the molecule is FC(F)(F)c1cc(-c2ccc3ccc(-c4ccc(-c5ccc6sc7ccccc7c6c5)nc4)cc3c2)cc(C(F)(F)F)c1. The molecule has 0 unspecified atom stereocenters. The van der Waals surface area contributed by atoms with Crippen molar-refractivity contribution in [1.29, 1.82) is 0 Å². The quantitative estimate of drug-likeness (QED) is 0.184. The van der Waals surface area contributed by atoms with Gasteiger partial charge in [0.1, 0.15) is 0 Å². The third kappa shape index (κ3) is 5.12. The van der Waals surface area contributed by atoms with Crippen molar-refractivity contribution in [2.24, 2.45) is 0 Å². The van der Waals surface area contributed by atoms with Gasteiger partial charge in [-0.1, -0.05) is 54.6 Å². The standard InChI is InChI=1S/C35H19F6NS/c36-34(37,38)27-15-26(16-28(18-27)35(39,40)41)22-8-6-20-5-7-21(13-25(20)14-22)24-9-11-31(42-19-24)23-10-12-33-30(17-23)29-3-1-2-4-32(29)43-33/h1-19H. The van der Waals surface area contributed by atoms with E-state index in [-0.39, 0.29) is 17.2 Å². The molecule has 0 aliphatic carbocycles. The minimum absolute atomic E-state index is 0.139. The van der Waals surface area contributed by atoms with Gasteiger partial charge in [0.05, 0.1) is 16.8 Å². The number of nitrogens with zero attached hydrogens (tertiary/aromatic N) is 1. The lowest BCUT2D eigenvalue weighted by Crippen LogP contribution is -2.11. The van der Waals surface area contributed by atoms with E-state index in [1.807, 2.05) is 42.5 Å². The molecule has 7 aromatic rings. The second-order valence-corrected chi connectivity index (χ2v) is 11.4. The molecule has 0 bridgehead atoms. The Morgan fingerprint density at radius 1 is 0.465 bits per heavy atom. The van der Waals surface area contributed by atoms with Crippen molar-refractivity contribution in [3.8, 4) is 33.5 Å². The van der Waals surface area contributed by atoms with Gasteiger partial charge in [0.15, 0.2) is 0 Å². The van der Waals surface area contributed by atoms with Crippen molar-refractivity contribution >= 4 is 42.3 Å². The minimum Gasteiger partial charge on any atom is -0.256 e. The van der Waals surface area contributed by atoms with Crippen LogP contribution < -0.4 is 0 Å². The molecular weight excluding hydrogens is 580 g/mol. The van der Waals surface area contributed by atoms with Gasteiger partial charge < -0.3 is 0 Å². The van der Waals surface area contributed by atoms with E-state index in [0.717, 1.165) is 39.9 Å². The van der Waals surface area contributed by atoms with Crippen LogP contribution in [0.5, 0.6) is 0 Å². The zero-order valence-corrected chi connectivity index (χ0v) is 22.9. The highest BCUT2D eigenvalue weighted by atomic mass is 32.1. The molecule has 212 valence electrons. The maximum Gasteiger partial charge on any atom is 0.416 e. The Morgan fingerprint density at radius 3 is 1.72 bits per heavy atom. The summed E-state index contributed by atoms with van der Waals surface area (Å²) in [5.74, 6) is 0. The zero-order valence-electron chi connectivity index (χ0n) is 22.1. The second-order valence-electron chi connectivity index (χ2n) is 10.3. The van der Waals surface area contributed by atoms with Gasteiger partial charge in [0, 0.05) is 37.5 Å². The van der Waals surface area contributed by atoms with Crippen molar-refractivity contribution in [1.82, 2.24) is 4.98 Å². The Bertz CT molecular complexity index is 2130. The van der Waals surface area contributed by atoms with Crippen LogP contribution in [0.4, 0.5) is 26.3 Å². The number of benzene rings is 5. The highest BCUT2D eigenvalue weighted by Gasteiger charge is 2.37. The van der Waals surface area contributed by atoms with Gasteiger partial charge in [-0.05, 0) is 82.1 Å². The number of hydrogen-bond donors (Lipinski definition) is 0. The van der Waals surface area contributed by atoms with E-state index in [0.29, 0.717) is 5.39 Å². The highest BCUT2D eigenvalue weighted by Crippen LogP contribution is 2.40. The highest BCUT2D eigenvalue weighted by molar-refractivity contribution is 7.25. The van der Waals surface area contributed by atoms with E-state index in [4.69, 9.17) is 4.98 Å². The average Bonchev–Trinajstić information content (AvgIpc) is 3.37. The third-order valence-corrected chi connectivity index (χ3v) is 8.68. The average molecular weight is 600 g/mol. The van der Waals surface area contributed by atoms with E-state index in [1.165, 1.54) is 26.2 Å². The topological polar surface area (TPSA) is 12.9 Å². The Labute approximate surface area is 245 Å².